The van der Waals surface area contributed by atoms with E-state index in [4.69, 9.17) is 0 Å². The molecule has 0 aromatic carbocycles. The summed E-state index contributed by atoms with van der Waals surface area (Å²) >= 11 is 0. The van der Waals surface area contributed by atoms with Crippen LogP contribution in [0.15, 0.2) is 0 Å². The average molecular weight is 243 g/mol. The Labute approximate surface area is 107 Å². The minimum absolute atomic E-state index is 0.0135. The highest BCUT2D eigenvalue weighted by Gasteiger charge is 2.35. The number of Topliss-reactive ketones (excluding diaryl/α,β-unsaturated/α-hetero) is 1. The zero-order valence-corrected chi connectivity index (χ0v) is 12.5. The van der Waals surface area contributed by atoms with Crippen molar-refractivity contribution in [3.8, 4) is 0 Å². The zero-order valence-electron chi connectivity index (χ0n) is 12.5. The van der Waals surface area contributed by atoms with Crippen LogP contribution in [0.25, 0.3) is 0 Å². The highest BCUT2D eigenvalue weighted by molar-refractivity contribution is 5.87. The van der Waals surface area contributed by atoms with Gasteiger partial charge in [0.25, 0.3) is 0 Å². The first-order valence-corrected chi connectivity index (χ1v) is 6.73. The molecule has 1 heterocycles. The first kappa shape index (κ1) is 18.5. The van der Waals surface area contributed by atoms with Crippen molar-refractivity contribution < 1.29 is 9.59 Å². The van der Waals surface area contributed by atoms with E-state index < -0.39 is 0 Å². The summed E-state index contributed by atoms with van der Waals surface area (Å²) in [6.45, 7) is 14.1. The molecule has 3 nitrogen and oxygen atoms in total. The van der Waals surface area contributed by atoms with E-state index in [1.54, 1.807) is 11.8 Å². The molecule has 102 valence electrons. The van der Waals surface area contributed by atoms with Crippen molar-refractivity contribution in [3.63, 3.8) is 0 Å². The summed E-state index contributed by atoms with van der Waals surface area (Å²) in [5.41, 5.74) is 0. The Balaban J connectivity index is 0. The molecule has 1 fully saturated rings. The second-order valence-corrected chi connectivity index (χ2v) is 4.24. The van der Waals surface area contributed by atoms with E-state index in [0.29, 0.717) is 5.92 Å². The Morgan fingerprint density at radius 1 is 1.18 bits per heavy atom. The van der Waals surface area contributed by atoms with Crippen LogP contribution in [0.5, 0.6) is 0 Å². The predicted octanol–water partition coefficient (Wildman–Crippen LogP) is 3.27. The van der Waals surface area contributed by atoms with E-state index in [2.05, 4.69) is 13.8 Å². The number of nitrogens with zero attached hydrogens (tertiary/aromatic N) is 1. The smallest absolute Gasteiger partial charge is 0.220 e. The van der Waals surface area contributed by atoms with E-state index >= 15 is 0 Å². The normalized spacial score (nSPS) is 21.9. The molecule has 1 amide bonds. The Morgan fingerprint density at radius 3 is 1.82 bits per heavy atom. The number of rotatable bonds is 1. The van der Waals surface area contributed by atoms with Crippen molar-refractivity contribution in [1.29, 1.82) is 0 Å². The maximum absolute atomic E-state index is 11.2. The lowest BCUT2D eigenvalue weighted by Gasteiger charge is -2.22. The number of hydrogen-bond donors (Lipinski definition) is 0. The fourth-order valence-electron chi connectivity index (χ4n) is 1.92. The molecule has 3 heteroatoms. The summed E-state index contributed by atoms with van der Waals surface area (Å²) in [5.74, 6) is 0.446. The van der Waals surface area contributed by atoms with Gasteiger partial charge in [-0.1, -0.05) is 41.0 Å². The molecule has 0 aliphatic carbocycles. The molecule has 1 aliphatic rings. The van der Waals surface area contributed by atoms with Crippen LogP contribution in [-0.2, 0) is 9.59 Å². The summed E-state index contributed by atoms with van der Waals surface area (Å²) in [6.07, 6.45) is 2.20. The number of likely N-dealkylation sites (tertiary alicyclic amines) is 1. The van der Waals surface area contributed by atoms with Crippen LogP contribution >= 0.6 is 0 Å². The molecule has 0 aromatic rings. The quantitative estimate of drug-likeness (QED) is 0.709. The van der Waals surface area contributed by atoms with Crippen LogP contribution in [0.2, 0.25) is 0 Å². The molecule has 17 heavy (non-hydrogen) atoms. The average Bonchev–Trinajstić information content (AvgIpc) is 2.64. The van der Waals surface area contributed by atoms with Gasteiger partial charge < -0.3 is 4.90 Å². The molecule has 1 aliphatic heterocycles. The van der Waals surface area contributed by atoms with Crippen LogP contribution in [0, 0.1) is 5.92 Å². The molecular formula is C14H29NO2. The molecule has 2 unspecified atom stereocenters. The Morgan fingerprint density at radius 2 is 1.59 bits per heavy atom. The molecule has 2 atom stereocenters. The van der Waals surface area contributed by atoms with Crippen LogP contribution < -0.4 is 0 Å². The van der Waals surface area contributed by atoms with Crippen molar-refractivity contribution in [3.05, 3.63) is 0 Å². The summed E-state index contributed by atoms with van der Waals surface area (Å²) in [4.78, 5) is 23.9. The van der Waals surface area contributed by atoms with Gasteiger partial charge in [-0.2, -0.15) is 0 Å². The highest BCUT2D eigenvalue weighted by atomic mass is 16.2. The minimum atomic E-state index is -0.164. The van der Waals surface area contributed by atoms with Gasteiger partial charge in [-0.05, 0) is 19.3 Å². The molecule has 0 radical (unpaired) electrons. The monoisotopic (exact) mass is 243 g/mol. The predicted molar refractivity (Wildman–Crippen MR) is 73.0 cm³/mol. The second-order valence-electron chi connectivity index (χ2n) is 4.24. The third-order valence-electron chi connectivity index (χ3n) is 2.52. The van der Waals surface area contributed by atoms with Gasteiger partial charge in [-0.25, -0.2) is 0 Å². The van der Waals surface area contributed by atoms with E-state index in [0.717, 1.165) is 13.0 Å². The number of amides is 1. The van der Waals surface area contributed by atoms with Gasteiger partial charge in [0.1, 0.15) is 0 Å². The molecule has 0 spiro atoms. The molecule has 0 bridgehead atoms. The maximum Gasteiger partial charge on any atom is 0.220 e. The van der Waals surface area contributed by atoms with E-state index in [9.17, 15) is 9.59 Å². The van der Waals surface area contributed by atoms with Gasteiger partial charge in [-0.3, -0.25) is 9.59 Å². The fourth-order valence-corrected chi connectivity index (χ4v) is 1.92. The van der Waals surface area contributed by atoms with E-state index in [-0.39, 0.29) is 17.7 Å². The van der Waals surface area contributed by atoms with Crippen molar-refractivity contribution in [1.82, 2.24) is 4.90 Å². The number of carbonyl (C=O) groups is 2. The lowest BCUT2D eigenvalue weighted by atomic mass is 10.00. The molecule has 0 aromatic heterocycles. The van der Waals surface area contributed by atoms with E-state index in [1.165, 1.54) is 13.3 Å². The van der Waals surface area contributed by atoms with Crippen LogP contribution in [0.1, 0.15) is 61.3 Å². The Bertz CT molecular complexity index is 226. The van der Waals surface area contributed by atoms with Crippen molar-refractivity contribution >= 4 is 11.7 Å². The number of carbonyl (C=O) groups excluding carboxylic acids is 2. The maximum atomic E-state index is 11.2. The summed E-state index contributed by atoms with van der Waals surface area (Å²) < 4.78 is 0. The zero-order chi connectivity index (χ0) is 14.0. The van der Waals surface area contributed by atoms with Gasteiger partial charge in [0.05, 0.1) is 6.04 Å². The Kier molecular flexibility index (Phi) is 11.2. The van der Waals surface area contributed by atoms with Crippen molar-refractivity contribution in [2.45, 2.75) is 67.3 Å². The standard InChI is InChI=1S/C9H15NO2.C3H8.C2H6/c1-6-4-5-10(8(3)12)9(6)7(2)11;1-3-2;1-2/h6,9H,4-5H2,1-3H3;3H2,1-2H3;1-2H3. The third-order valence-corrected chi connectivity index (χ3v) is 2.52. The lowest BCUT2D eigenvalue weighted by molar-refractivity contribution is -0.135. The lowest BCUT2D eigenvalue weighted by Crippen LogP contribution is -2.40. The SMILES string of the molecule is CC.CC(=O)C1C(C)CCN1C(C)=O.CCC. The van der Waals surface area contributed by atoms with Crippen molar-refractivity contribution in [2.75, 3.05) is 6.54 Å². The molecule has 1 saturated heterocycles. The topological polar surface area (TPSA) is 37.4 Å². The van der Waals surface area contributed by atoms with Gasteiger partial charge in [0.15, 0.2) is 5.78 Å². The van der Waals surface area contributed by atoms with Crippen molar-refractivity contribution in [2.24, 2.45) is 5.92 Å². The third kappa shape index (κ3) is 6.44. The van der Waals surface area contributed by atoms with Gasteiger partial charge in [0.2, 0.25) is 5.91 Å². The van der Waals surface area contributed by atoms with Gasteiger partial charge in [-0.15, -0.1) is 0 Å². The molecule has 1 rings (SSSR count). The summed E-state index contributed by atoms with van der Waals surface area (Å²) in [6, 6.07) is -0.164. The van der Waals surface area contributed by atoms with Crippen LogP contribution in [0.4, 0.5) is 0 Å². The van der Waals surface area contributed by atoms with E-state index in [1.807, 2.05) is 20.8 Å². The minimum Gasteiger partial charge on any atom is -0.333 e. The van der Waals surface area contributed by atoms with Gasteiger partial charge >= 0.3 is 0 Å². The fraction of sp³-hybridized carbons (Fsp3) is 0.857. The number of ketones is 1. The molecular weight excluding hydrogens is 214 g/mol. The number of hydrogen-bond acceptors (Lipinski definition) is 2. The first-order valence-electron chi connectivity index (χ1n) is 6.73. The highest BCUT2D eigenvalue weighted by Crippen LogP contribution is 2.24. The van der Waals surface area contributed by atoms with Gasteiger partial charge in [0, 0.05) is 13.5 Å². The summed E-state index contributed by atoms with van der Waals surface area (Å²) in [5, 5.41) is 0. The second kappa shape index (κ2) is 10.3. The largest absolute Gasteiger partial charge is 0.333 e. The molecule has 0 saturated carbocycles. The Hall–Kier alpha value is -0.860. The van der Waals surface area contributed by atoms with Crippen LogP contribution in [-0.4, -0.2) is 29.2 Å². The van der Waals surface area contributed by atoms with Crippen LogP contribution in [0.3, 0.4) is 0 Å². The first-order chi connectivity index (χ1) is 7.95. The molecule has 0 N–H and O–H groups in total. The summed E-state index contributed by atoms with van der Waals surface area (Å²) in [7, 11) is 0.